The molecule has 1 aliphatic carbocycles. The summed E-state index contributed by atoms with van der Waals surface area (Å²) in [5.41, 5.74) is 9.23. The lowest BCUT2D eigenvalue weighted by molar-refractivity contribution is 1.26. The minimum absolute atomic E-state index is 0.919. The van der Waals surface area contributed by atoms with Crippen molar-refractivity contribution in [1.29, 1.82) is 0 Å². The van der Waals surface area contributed by atoms with Gasteiger partial charge in [0.05, 0.1) is 11.4 Å². The standard InChI is InChI=1S/C22H15N3/c1-2-4-6-18(5-3-1)21-15-20(17-7-11-23-12-8-17)16-22(25-21)19-9-13-24-14-10-19/h1,3-16H. The van der Waals surface area contributed by atoms with E-state index in [2.05, 4.69) is 27.8 Å². The van der Waals surface area contributed by atoms with Crippen molar-refractivity contribution in [3.8, 4) is 22.4 Å². The Morgan fingerprint density at radius 1 is 0.680 bits per heavy atom. The third kappa shape index (κ3) is 3.37. The average molecular weight is 321 g/mol. The van der Waals surface area contributed by atoms with Crippen molar-refractivity contribution in [3.05, 3.63) is 103 Å². The van der Waals surface area contributed by atoms with Crippen LogP contribution in [0, 0.1) is 0 Å². The minimum Gasteiger partial charge on any atom is -0.265 e. The van der Waals surface area contributed by atoms with Crippen molar-refractivity contribution in [2.45, 2.75) is 0 Å². The molecule has 0 saturated heterocycles. The van der Waals surface area contributed by atoms with Gasteiger partial charge < -0.3 is 0 Å². The van der Waals surface area contributed by atoms with Gasteiger partial charge in [0.2, 0.25) is 0 Å². The van der Waals surface area contributed by atoms with Gasteiger partial charge in [0, 0.05) is 35.9 Å². The van der Waals surface area contributed by atoms with Gasteiger partial charge in [-0.15, -0.1) is 5.73 Å². The van der Waals surface area contributed by atoms with Crippen LogP contribution < -0.4 is 0 Å². The number of hydrogen-bond acceptors (Lipinski definition) is 3. The largest absolute Gasteiger partial charge is 0.265 e. The third-order valence-electron chi connectivity index (χ3n) is 3.94. The van der Waals surface area contributed by atoms with E-state index in [0.717, 1.165) is 33.7 Å². The minimum atomic E-state index is 0.919. The molecule has 0 N–H and O–H groups in total. The molecule has 0 amide bonds. The van der Waals surface area contributed by atoms with E-state index < -0.39 is 0 Å². The molecular formula is C22H15N3. The molecule has 0 bridgehead atoms. The lowest BCUT2D eigenvalue weighted by Gasteiger charge is -2.10. The Labute approximate surface area is 146 Å². The number of aromatic nitrogens is 3. The average Bonchev–Trinajstić information content (AvgIpc) is 2.99. The molecule has 0 aliphatic heterocycles. The van der Waals surface area contributed by atoms with Crippen molar-refractivity contribution in [1.82, 2.24) is 15.0 Å². The Morgan fingerprint density at radius 2 is 1.36 bits per heavy atom. The van der Waals surface area contributed by atoms with Crippen LogP contribution in [0.2, 0.25) is 0 Å². The number of pyridine rings is 3. The molecule has 0 spiro atoms. The first-order chi connectivity index (χ1) is 12.4. The van der Waals surface area contributed by atoms with E-state index in [4.69, 9.17) is 4.98 Å². The van der Waals surface area contributed by atoms with Gasteiger partial charge in [0.15, 0.2) is 0 Å². The van der Waals surface area contributed by atoms with Crippen molar-refractivity contribution in [3.63, 3.8) is 0 Å². The molecule has 3 nitrogen and oxygen atoms in total. The van der Waals surface area contributed by atoms with E-state index in [1.54, 1.807) is 24.8 Å². The van der Waals surface area contributed by atoms with E-state index in [0.29, 0.717) is 0 Å². The molecule has 4 rings (SSSR count). The van der Waals surface area contributed by atoms with Gasteiger partial charge in [-0.1, -0.05) is 12.2 Å². The first-order valence-electron chi connectivity index (χ1n) is 8.03. The normalized spacial score (nSPS) is 12.7. The second kappa shape index (κ2) is 6.91. The monoisotopic (exact) mass is 321 g/mol. The Balaban J connectivity index is 1.89. The molecule has 0 aromatic carbocycles. The molecule has 0 saturated carbocycles. The van der Waals surface area contributed by atoms with E-state index in [1.165, 1.54) is 0 Å². The highest BCUT2D eigenvalue weighted by atomic mass is 14.7. The van der Waals surface area contributed by atoms with E-state index in [9.17, 15) is 0 Å². The van der Waals surface area contributed by atoms with Crippen molar-refractivity contribution >= 4 is 5.57 Å². The maximum absolute atomic E-state index is 4.87. The fourth-order valence-corrected chi connectivity index (χ4v) is 2.69. The van der Waals surface area contributed by atoms with Crippen LogP contribution in [0.5, 0.6) is 0 Å². The molecule has 0 unspecified atom stereocenters. The molecule has 3 aromatic rings. The van der Waals surface area contributed by atoms with E-state index in [-0.39, 0.29) is 0 Å². The third-order valence-corrected chi connectivity index (χ3v) is 3.94. The van der Waals surface area contributed by atoms with Gasteiger partial charge in [0.25, 0.3) is 0 Å². The molecule has 0 radical (unpaired) electrons. The van der Waals surface area contributed by atoms with Crippen LogP contribution in [0.15, 0.2) is 97.3 Å². The zero-order valence-corrected chi connectivity index (χ0v) is 13.5. The van der Waals surface area contributed by atoms with Crippen LogP contribution >= 0.6 is 0 Å². The molecule has 0 atom stereocenters. The number of nitrogens with zero attached hydrogens (tertiary/aromatic N) is 3. The van der Waals surface area contributed by atoms with Crippen LogP contribution in [0.1, 0.15) is 5.69 Å². The number of allylic oxidation sites excluding steroid dienone is 5. The van der Waals surface area contributed by atoms with Crippen LogP contribution in [-0.4, -0.2) is 15.0 Å². The maximum atomic E-state index is 4.87. The van der Waals surface area contributed by atoms with E-state index >= 15 is 0 Å². The predicted octanol–water partition coefficient (Wildman–Crippen LogP) is 4.87. The highest BCUT2D eigenvalue weighted by Crippen LogP contribution is 2.28. The summed E-state index contributed by atoms with van der Waals surface area (Å²) in [6, 6.07) is 12.2. The Hall–Kier alpha value is -3.55. The summed E-state index contributed by atoms with van der Waals surface area (Å²) in [4.78, 5) is 13.1. The number of rotatable bonds is 3. The summed E-state index contributed by atoms with van der Waals surface area (Å²) >= 11 is 0. The summed E-state index contributed by atoms with van der Waals surface area (Å²) in [7, 11) is 0. The quantitative estimate of drug-likeness (QED) is 0.646. The molecule has 3 heteroatoms. The summed E-state index contributed by atoms with van der Waals surface area (Å²) in [6.45, 7) is 0. The topological polar surface area (TPSA) is 38.7 Å². The Bertz CT molecular complexity index is 952. The molecule has 3 aromatic heterocycles. The first-order valence-corrected chi connectivity index (χ1v) is 8.03. The van der Waals surface area contributed by atoms with Crippen LogP contribution in [0.4, 0.5) is 0 Å². The Kier molecular flexibility index (Phi) is 4.15. The predicted molar refractivity (Wildman–Crippen MR) is 100 cm³/mol. The fraction of sp³-hybridized carbons (Fsp3) is 0. The first kappa shape index (κ1) is 15.0. The van der Waals surface area contributed by atoms with Gasteiger partial charge >= 0.3 is 0 Å². The van der Waals surface area contributed by atoms with Gasteiger partial charge in [-0.3, -0.25) is 9.97 Å². The molecule has 0 fully saturated rings. The van der Waals surface area contributed by atoms with Crippen molar-refractivity contribution in [2.75, 3.05) is 0 Å². The van der Waals surface area contributed by atoms with Gasteiger partial charge in [0.1, 0.15) is 0 Å². The highest BCUT2D eigenvalue weighted by molar-refractivity contribution is 5.80. The summed E-state index contributed by atoms with van der Waals surface area (Å²) in [5.74, 6) is 0. The maximum Gasteiger partial charge on any atom is 0.0716 e. The van der Waals surface area contributed by atoms with Gasteiger partial charge in [-0.2, -0.15) is 0 Å². The zero-order chi connectivity index (χ0) is 16.9. The molecule has 25 heavy (non-hydrogen) atoms. The summed E-state index contributed by atoms with van der Waals surface area (Å²) < 4.78 is 0. The second-order valence-corrected chi connectivity index (χ2v) is 5.58. The summed E-state index contributed by atoms with van der Waals surface area (Å²) in [6.07, 6.45) is 17.0. The molecule has 1 aliphatic rings. The zero-order valence-electron chi connectivity index (χ0n) is 13.5. The van der Waals surface area contributed by atoms with Crippen LogP contribution in [0.25, 0.3) is 28.0 Å². The fourth-order valence-electron chi connectivity index (χ4n) is 2.69. The molecule has 118 valence electrons. The second-order valence-electron chi connectivity index (χ2n) is 5.58. The SMILES string of the molecule is C1=CC=CC(c2cc(-c3ccncc3)cc(-c3ccncc3)n2)=CC=1. The van der Waals surface area contributed by atoms with Crippen molar-refractivity contribution < 1.29 is 0 Å². The Morgan fingerprint density at radius 3 is 2.12 bits per heavy atom. The lowest BCUT2D eigenvalue weighted by atomic mass is 10.0. The summed E-state index contributed by atoms with van der Waals surface area (Å²) in [5, 5.41) is 0. The van der Waals surface area contributed by atoms with Gasteiger partial charge in [-0.05, 0) is 65.8 Å². The smallest absolute Gasteiger partial charge is 0.0716 e. The molecule has 3 heterocycles. The lowest BCUT2D eigenvalue weighted by Crippen LogP contribution is -1.93. The van der Waals surface area contributed by atoms with Crippen LogP contribution in [0.3, 0.4) is 0 Å². The molecular weight excluding hydrogens is 306 g/mol. The van der Waals surface area contributed by atoms with Crippen LogP contribution in [-0.2, 0) is 0 Å². The number of hydrogen-bond donors (Lipinski definition) is 0. The van der Waals surface area contributed by atoms with Gasteiger partial charge in [-0.25, -0.2) is 4.98 Å². The van der Waals surface area contributed by atoms with E-state index in [1.807, 2.05) is 54.6 Å². The highest BCUT2D eigenvalue weighted by Gasteiger charge is 2.09. The van der Waals surface area contributed by atoms with Crippen molar-refractivity contribution in [2.24, 2.45) is 0 Å².